The van der Waals surface area contributed by atoms with Crippen molar-refractivity contribution in [3.8, 4) is 0 Å². The molecule has 2 aliphatic rings. The van der Waals surface area contributed by atoms with E-state index in [4.69, 9.17) is 0 Å². The molecule has 8 nitrogen and oxygen atoms in total. The number of carbonyl (C=O) groups excluding carboxylic acids is 3. The van der Waals surface area contributed by atoms with Crippen molar-refractivity contribution in [2.45, 2.75) is 18.4 Å². The molecule has 2 aliphatic heterocycles. The monoisotopic (exact) mass is 313 g/mol. The van der Waals surface area contributed by atoms with E-state index in [1.54, 1.807) is 13.1 Å². The first kappa shape index (κ1) is 15.5. The Labute approximate surface area is 135 Å². The Kier molecular flexibility index (Phi) is 3.62. The average Bonchev–Trinajstić information content (AvgIpc) is 2.71. The molecule has 2 saturated heterocycles. The predicted molar refractivity (Wildman–Crippen MR) is 88.6 cm³/mol. The Morgan fingerprint density at radius 3 is 2.48 bits per heavy atom. The van der Waals surface area contributed by atoms with Gasteiger partial charge in [-0.1, -0.05) is 0 Å². The van der Waals surface area contributed by atoms with Gasteiger partial charge in [-0.25, -0.2) is 14.8 Å². The Bertz CT molecular complexity index is 703. The van der Waals surface area contributed by atoms with Crippen molar-refractivity contribution in [1.29, 1.82) is 0 Å². The van der Waals surface area contributed by atoms with Crippen LogP contribution < -0.4 is 15.8 Å². The zero-order chi connectivity index (χ0) is 16.8. The lowest BCUT2D eigenvalue weighted by molar-refractivity contribution is -0.127. The first-order valence-electron chi connectivity index (χ1n) is 7.54. The molecule has 0 bridgehead atoms. The SMILES string of the molecule is BC(=O)c1cc(B)nc(N2CCC3(CC2)C(=O)NC(=O)N3C)n1. The average molecular weight is 313 g/mol. The van der Waals surface area contributed by atoms with Crippen LogP contribution in [0.5, 0.6) is 0 Å². The smallest absolute Gasteiger partial charge is 0.324 e. The molecule has 0 aliphatic carbocycles. The Morgan fingerprint density at radius 2 is 1.96 bits per heavy atom. The summed E-state index contributed by atoms with van der Waals surface area (Å²) in [5.41, 5.74) is 0.233. The molecular formula is C13H17B2N5O3. The number of likely N-dealkylation sites (N-methyl/N-ethyl adjacent to an activating group) is 1. The quantitative estimate of drug-likeness (QED) is 0.463. The molecule has 0 radical (unpaired) electrons. The summed E-state index contributed by atoms with van der Waals surface area (Å²) in [6.07, 6.45) is 1.02. The number of hydrogen-bond donors (Lipinski definition) is 1. The first-order valence-corrected chi connectivity index (χ1v) is 7.54. The van der Waals surface area contributed by atoms with Crippen molar-refractivity contribution >= 4 is 44.9 Å². The topological polar surface area (TPSA) is 95.5 Å². The summed E-state index contributed by atoms with van der Waals surface area (Å²) < 4.78 is 0. The van der Waals surface area contributed by atoms with E-state index in [1.807, 2.05) is 12.7 Å². The third-order valence-corrected chi connectivity index (χ3v) is 4.67. The van der Waals surface area contributed by atoms with Gasteiger partial charge < -0.3 is 14.6 Å². The van der Waals surface area contributed by atoms with Gasteiger partial charge in [-0.15, -0.1) is 0 Å². The molecule has 10 heteroatoms. The molecule has 0 atom stereocenters. The number of carbonyl (C=O) groups is 3. The van der Waals surface area contributed by atoms with Crippen LogP contribution in [0.3, 0.4) is 0 Å². The zero-order valence-electron chi connectivity index (χ0n) is 13.4. The first-order chi connectivity index (χ1) is 10.8. The van der Waals surface area contributed by atoms with Crippen molar-refractivity contribution in [3.05, 3.63) is 11.8 Å². The fourth-order valence-corrected chi connectivity index (χ4v) is 3.16. The van der Waals surface area contributed by atoms with Crippen LogP contribution in [-0.2, 0) is 4.79 Å². The molecule has 0 saturated carbocycles. The lowest BCUT2D eigenvalue weighted by Crippen LogP contribution is -2.55. The second-order valence-electron chi connectivity index (χ2n) is 6.09. The van der Waals surface area contributed by atoms with E-state index in [2.05, 4.69) is 15.3 Å². The van der Waals surface area contributed by atoms with E-state index in [9.17, 15) is 14.4 Å². The van der Waals surface area contributed by atoms with Crippen LogP contribution in [0.25, 0.3) is 0 Å². The van der Waals surface area contributed by atoms with Crippen LogP contribution in [0.15, 0.2) is 6.07 Å². The van der Waals surface area contributed by atoms with Gasteiger partial charge >= 0.3 is 6.03 Å². The number of amides is 3. The number of nitrogens with zero attached hydrogens (tertiary/aromatic N) is 4. The molecule has 3 heterocycles. The summed E-state index contributed by atoms with van der Waals surface area (Å²) in [5, 5.41) is 2.37. The van der Waals surface area contributed by atoms with E-state index in [-0.39, 0.29) is 17.6 Å². The molecule has 0 aromatic carbocycles. The third kappa shape index (κ3) is 2.47. The van der Waals surface area contributed by atoms with Gasteiger partial charge in [-0.3, -0.25) is 10.1 Å². The second kappa shape index (κ2) is 5.36. The normalized spacial score (nSPS) is 20.0. The summed E-state index contributed by atoms with van der Waals surface area (Å²) in [5.74, 6) is 0.261. The largest absolute Gasteiger partial charge is 0.341 e. The molecule has 3 rings (SSSR count). The number of aromatic nitrogens is 2. The minimum Gasteiger partial charge on any atom is -0.341 e. The van der Waals surface area contributed by atoms with E-state index in [1.165, 1.54) is 12.7 Å². The molecule has 1 spiro atoms. The van der Waals surface area contributed by atoms with Crippen LogP contribution >= 0.6 is 0 Å². The van der Waals surface area contributed by atoms with Crippen LogP contribution in [-0.4, -0.2) is 73.9 Å². The number of nitrogens with one attached hydrogen (secondary N) is 1. The van der Waals surface area contributed by atoms with Crippen LogP contribution in [0, 0.1) is 0 Å². The number of piperidine rings is 1. The molecule has 1 aromatic rings. The van der Waals surface area contributed by atoms with Crippen molar-refractivity contribution in [2.24, 2.45) is 0 Å². The molecule has 0 unspecified atom stereocenters. The van der Waals surface area contributed by atoms with Gasteiger partial charge in [0.15, 0.2) is 15.7 Å². The van der Waals surface area contributed by atoms with Gasteiger partial charge in [0.1, 0.15) is 11.2 Å². The zero-order valence-corrected chi connectivity index (χ0v) is 13.4. The Hall–Kier alpha value is -2.38. The van der Waals surface area contributed by atoms with Crippen LogP contribution in [0.2, 0.25) is 0 Å². The van der Waals surface area contributed by atoms with Crippen LogP contribution in [0.4, 0.5) is 10.7 Å². The highest BCUT2D eigenvalue weighted by molar-refractivity contribution is 6.62. The maximum atomic E-state index is 12.1. The van der Waals surface area contributed by atoms with Crippen molar-refractivity contribution < 1.29 is 14.4 Å². The molecule has 3 amide bonds. The minimum atomic E-state index is -0.777. The summed E-state index contributed by atoms with van der Waals surface area (Å²) in [4.78, 5) is 47.5. The summed E-state index contributed by atoms with van der Waals surface area (Å²) in [7, 11) is 4.94. The maximum Gasteiger partial charge on any atom is 0.324 e. The summed E-state index contributed by atoms with van der Waals surface area (Å²) >= 11 is 0. The fraction of sp³-hybridized carbons (Fsp3) is 0.462. The fourth-order valence-electron chi connectivity index (χ4n) is 3.16. The molecule has 118 valence electrons. The standard InChI is InChI=1S/C13H17B2N5O3/c1-19-12(23)18-10(22)13(19)2-4-20(5-3-13)11-16-7(9(15)21)6-8(14)17-11/h6H,2-5,14-15H2,1H3,(H,18,22,23). The highest BCUT2D eigenvalue weighted by Gasteiger charge is 2.52. The maximum absolute atomic E-state index is 12.1. The highest BCUT2D eigenvalue weighted by Crippen LogP contribution is 2.32. The number of urea groups is 1. The van der Waals surface area contributed by atoms with Gasteiger partial charge in [0.2, 0.25) is 5.95 Å². The molecule has 1 aromatic heterocycles. The van der Waals surface area contributed by atoms with Gasteiger partial charge in [0, 0.05) is 25.7 Å². The van der Waals surface area contributed by atoms with Gasteiger partial charge in [-0.2, -0.15) is 0 Å². The number of rotatable bonds is 2. The number of anilines is 1. The van der Waals surface area contributed by atoms with E-state index in [0.29, 0.717) is 37.6 Å². The lowest BCUT2D eigenvalue weighted by Gasteiger charge is -2.40. The molecule has 1 N–H and O–H groups in total. The molecule has 23 heavy (non-hydrogen) atoms. The molecule has 2 fully saturated rings. The van der Waals surface area contributed by atoms with E-state index in [0.717, 1.165) is 5.59 Å². The van der Waals surface area contributed by atoms with Gasteiger partial charge in [0.05, 0.1) is 5.69 Å². The van der Waals surface area contributed by atoms with Gasteiger partial charge in [-0.05, 0) is 18.9 Å². The summed E-state index contributed by atoms with van der Waals surface area (Å²) in [6, 6.07) is 1.31. The Morgan fingerprint density at radius 1 is 1.30 bits per heavy atom. The Balaban J connectivity index is 1.81. The number of imide groups is 1. The third-order valence-electron chi connectivity index (χ3n) is 4.67. The van der Waals surface area contributed by atoms with Crippen molar-refractivity contribution in [3.63, 3.8) is 0 Å². The summed E-state index contributed by atoms with van der Waals surface area (Å²) in [6.45, 7) is 1.09. The second-order valence-corrected chi connectivity index (χ2v) is 6.09. The minimum absolute atomic E-state index is 0.106. The van der Waals surface area contributed by atoms with Crippen LogP contribution in [0.1, 0.15) is 23.3 Å². The van der Waals surface area contributed by atoms with Crippen molar-refractivity contribution in [1.82, 2.24) is 20.2 Å². The van der Waals surface area contributed by atoms with E-state index >= 15 is 0 Å². The highest BCUT2D eigenvalue weighted by atomic mass is 16.2. The molecular weight excluding hydrogens is 296 g/mol. The lowest BCUT2D eigenvalue weighted by atomic mass is 9.86. The van der Waals surface area contributed by atoms with E-state index < -0.39 is 5.54 Å². The predicted octanol–water partition coefficient (Wildman–Crippen LogP) is -2.97. The van der Waals surface area contributed by atoms with Crippen molar-refractivity contribution in [2.75, 3.05) is 25.0 Å². The van der Waals surface area contributed by atoms with Gasteiger partial charge in [0.25, 0.3) is 5.91 Å². The number of hydrogen-bond acceptors (Lipinski definition) is 6.